The molecule has 0 saturated heterocycles. The van der Waals surface area contributed by atoms with Gasteiger partial charge in [0.25, 0.3) is 5.91 Å². The topological polar surface area (TPSA) is 70.7 Å². The Morgan fingerprint density at radius 2 is 1.97 bits per heavy atom. The number of hydrogen-bond donors (Lipinski definition) is 2. The third-order valence-electron chi connectivity index (χ3n) is 6.55. The number of benzene rings is 2. The van der Waals surface area contributed by atoms with E-state index in [-0.39, 0.29) is 17.8 Å². The average Bonchev–Trinajstić information content (AvgIpc) is 3.24. The third kappa shape index (κ3) is 4.80. The van der Waals surface area contributed by atoms with Crippen LogP contribution in [0.15, 0.2) is 60.8 Å². The van der Waals surface area contributed by atoms with Gasteiger partial charge < -0.3 is 5.32 Å². The molecule has 4 aromatic rings. The Balaban J connectivity index is 1.29. The number of carbonyl (C=O) groups is 1. The molecule has 2 aromatic heterocycles. The van der Waals surface area contributed by atoms with Gasteiger partial charge in [0.2, 0.25) is 0 Å². The van der Waals surface area contributed by atoms with E-state index in [0.717, 1.165) is 65.5 Å². The lowest BCUT2D eigenvalue weighted by Gasteiger charge is -2.30. The predicted octanol–water partition coefficient (Wildman–Crippen LogP) is 5.60. The number of rotatable bonds is 5. The van der Waals surface area contributed by atoms with Crippen LogP contribution in [0.2, 0.25) is 0 Å². The molecule has 1 aliphatic rings. The van der Waals surface area contributed by atoms with Crippen molar-refractivity contribution in [2.45, 2.75) is 45.1 Å². The zero-order valence-electron chi connectivity index (χ0n) is 18.6. The molecule has 2 N–H and O–H groups in total. The molecule has 1 aliphatic carbocycles. The molecule has 2 atom stereocenters. The zero-order chi connectivity index (χ0) is 22.8. The smallest absolute Gasteiger partial charge is 0.251 e. The number of aromatic amines is 1. The Kier molecular flexibility index (Phi) is 5.90. The summed E-state index contributed by atoms with van der Waals surface area (Å²) < 4.78 is 13.2. The van der Waals surface area contributed by atoms with Crippen LogP contribution in [0.1, 0.15) is 47.3 Å². The summed E-state index contributed by atoms with van der Waals surface area (Å²) in [6.07, 6.45) is 6.85. The molecular weight excluding hydrogens is 415 g/mol. The second kappa shape index (κ2) is 9.14. The summed E-state index contributed by atoms with van der Waals surface area (Å²) in [6, 6.07) is 16.5. The van der Waals surface area contributed by atoms with Crippen molar-refractivity contribution in [1.29, 1.82) is 0 Å². The van der Waals surface area contributed by atoms with Crippen molar-refractivity contribution >= 4 is 16.8 Å². The summed E-state index contributed by atoms with van der Waals surface area (Å²) >= 11 is 0. The van der Waals surface area contributed by atoms with Gasteiger partial charge in [-0.2, -0.15) is 5.10 Å². The highest BCUT2D eigenvalue weighted by Gasteiger charge is 2.24. The molecule has 2 heterocycles. The quantitative estimate of drug-likeness (QED) is 0.422. The summed E-state index contributed by atoms with van der Waals surface area (Å²) in [5, 5.41) is 11.7. The number of nitrogens with one attached hydrogen (secondary N) is 2. The maximum absolute atomic E-state index is 13.2. The van der Waals surface area contributed by atoms with Gasteiger partial charge in [0.15, 0.2) is 0 Å². The van der Waals surface area contributed by atoms with Crippen LogP contribution in [0.25, 0.3) is 22.2 Å². The van der Waals surface area contributed by atoms with Crippen LogP contribution in [0.4, 0.5) is 4.39 Å². The molecule has 6 heteroatoms. The maximum Gasteiger partial charge on any atom is 0.251 e. The molecular formula is C27H27FN4O. The summed E-state index contributed by atoms with van der Waals surface area (Å²) in [7, 11) is 0. The van der Waals surface area contributed by atoms with Gasteiger partial charge in [0.1, 0.15) is 11.5 Å². The van der Waals surface area contributed by atoms with Crippen molar-refractivity contribution in [3.05, 3.63) is 83.4 Å². The van der Waals surface area contributed by atoms with E-state index in [4.69, 9.17) is 0 Å². The van der Waals surface area contributed by atoms with Crippen molar-refractivity contribution in [1.82, 2.24) is 20.5 Å². The molecule has 0 bridgehead atoms. The molecule has 2 aromatic carbocycles. The minimum absolute atomic E-state index is 0.0533. The van der Waals surface area contributed by atoms with Gasteiger partial charge in [-0.1, -0.05) is 18.6 Å². The summed E-state index contributed by atoms with van der Waals surface area (Å²) in [6.45, 7) is 1.95. The lowest BCUT2D eigenvalue weighted by molar-refractivity contribution is 0.0920. The molecule has 0 radical (unpaired) electrons. The number of H-pyrrole nitrogens is 1. The summed E-state index contributed by atoms with van der Waals surface area (Å²) in [4.78, 5) is 17.3. The monoisotopic (exact) mass is 442 g/mol. The number of halogens is 1. The molecule has 33 heavy (non-hydrogen) atoms. The van der Waals surface area contributed by atoms with E-state index >= 15 is 0 Å². The first-order chi connectivity index (χ1) is 16.0. The van der Waals surface area contributed by atoms with Gasteiger partial charge in [-0.05, 0) is 86.6 Å². The molecule has 5 nitrogen and oxygen atoms in total. The van der Waals surface area contributed by atoms with Crippen LogP contribution in [0.3, 0.4) is 0 Å². The molecule has 5 rings (SSSR count). The number of pyridine rings is 1. The molecule has 1 saturated carbocycles. The third-order valence-corrected chi connectivity index (χ3v) is 6.55. The molecule has 1 amide bonds. The van der Waals surface area contributed by atoms with Gasteiger partial charge in [0, 0.05) is 34.4 Å². The van der Waals surface area contributed by atoms with E-state index in [2.05, 4.69) is 20.5 Å². The average molecular weight is 443 g/mol. The molecule has 168 valence electrons. The minimum atomic E-state index is -0.204. The standard InChI is InChI=1S/C27H27FN4O/c1-17-13-20(11-12-29-17)26-24-16-21(7-10-25(24)31-32-26)27(33)30-23-4-2-3-19(15-23)14-18-5-8-22(28)9-6-18/h5-13,16,19,23H,2-4,14-15H2,1H3,(H,30,33)(H,31,32). The Morgan fingerprint density at radius 3 is 2.79 bits per heavy atom. The van der Waals surface area contributed by atoms with E-state index < -0.39 is 0 Å². The predicted molar refractivity (Wildman–Crippen MR) is 127 cm³/mol. The summed E-state index contributed by atoms with van der Waals surface area (Å²) in [5.41, 5.74) is 5.40. The second-order valence-electron chi connectivity index (χ2n) is 9.05. The van der Waals surface area contributed by atoms with E-state index in [1.54, 1.807) is 6.20 Å². The number of amides is 1. The van der Waals surface area contributed by atoms with Gasteiger partial charge in [-0.15, -0.1) is 0 Å². The highest BCUT2D eigenvalue weighted by atomic mass is 19.1. The minimum Gasteiger partial charge on any atom is -0.349 e. The first-order valence-corrected chi connectivity index (χ1v) is 11.5. The first-order valence-electron chi connectivity index (χ1n) is 11.5. The number of aromatic nitrogens is 3. The molecule has 1 fully saturated rings. The van der Waals surface area contributed by atoms with Crippen LogP contribution in [0.5, 0.6) is 0 Å². The normalized spacial score (nSPS) is 18.4. The van der Waals surface area contributed by atoms with E-state index in [1.165, 1.54) is 12.1 Å². The number of carbonyl (C=O) groups excluding carboxylic acids is 1. The largest absolute Gasteiger partial charge is 0.349 e. The van der Waals surface area contributed by atoms with E-state index in [0.29, 0.717) is 11.5 Å². The Bertz CT molecular complexity index is 1280. The fourth-order valence-electron chi connectivity index (χ4n) is 4.90. The van der Waals surface area contributed by atoms with Crippen molar-refractivity contribution in [2.24, 2.45) is 5.92 Å². The Morgan fingerprint density at radius 1 is 1.12 bits per heavy atom. The van der Waals surface area contributed by atoms with Crippen LogP contribution >= 0.6 is 0 Å². The fourth-order valence-corrected chi connectivity index (χ4v) is 4.90. The van der Waals surface area contributed by atoms with Gasteiger partial charge in [-0.3, -0.25) is 14.9 Å². The highest BCUT2D eigenvalue weighted by Crippen LogP contribution is 2.29. The number of aryl methyl sites for hydroxylation is 1. The van der Waals surface area contributed by atoms with Crippen LogP contribution in [0, 0.1) is 18.7 Å². The van der Waals surface area contributed by atoms with Crippen molar-refractivity contribution in [3.63, 3.8) is 0 Å². The maximum atomic E-state index is 13.2. The number of nitrogens with zero attached hydrogens (tertiary/aromatic N) is 2. The summed E-state index contributed by atoms with van der Waals surface area (Å²) in [5.74, 6) is 0.235. The van der Waals surface area contributed by atoms with Crippen LogP contribution in [-0.4, -0.2) is 27.1 Å². The Hall–Kier alpha value is -3.54. The molecule has 2 unspecified atom stereocenters. The number of fused-ring (bicyclic) bond motifs is 1. The van der Waals surface area contributed by atoms with Crippen molar-refractivity contribution in [3.8, 4) is 11.3 Å². The van der Waals surface area contributed by atoms with E-state index in [9.17, 15) is 9.18 Å². The lowest BCUT2D eigenvalue weighted by atomic mass is 9.82. The SMILES string of the molecule is Cc1cc(-c2n[nH]c3ccc(C(=O)NC4CCCC(Cc5ccc(F)cc5)C4)cc23)ccn1. The van der Waals surface area contributed by atoms with Gasteiger partial charge in [0.05, 0.1) is 5.52 Å². The van der Waals surface area contributed by atoms with Crippen molar-refractivity contribution in [2.75, 3.05) is 0 Å². The molecule has 0 spiro atoms. The number of hydrogen-bond acceptors (Lipinski definition) is 3. The first kappa shape index (κ1) is 21.3. The fraction of sp³-hybridized carbons (Fsp3) is 0.296. The molecule has 0 aliphatic heterocycles. The van der Waals surface area contributed by atoms with E-state index in [1.807, 2.05) is 49.4 Å². The Labute approximate surface area is 192 Å². The van der Waals surface area contributed by atoms with Gasteiger partial charge >= 0.3 is 0 Å². The van der Waals surface area contributed by atoms with Crippen LogP contribution in [-0.2, 0) is 6.42 Å². The lowest BCUT2D eigenvalue weighted by Crippen LogP contribution is -2.38. The zero-order valence-corrected chi connectivity index (χ0v) is 18.6. The highest BCUT2D eigenvalue weighted by molar-refractivity contribution is 6.01. The van der Waals surface area contributed by atoms with Crippen molar-refractivity contribution < 1.29 is 9.18 Å². The van der Waals surface area contributed by atoms with Gasteiger partial charge in [-0.25, -0.2) is 4.39 Å². The van der Waals surface area contributed by atoms with Crippen LogP contribution < -0.4 is 5.32 Å². The second-order valence-corrected chi connectivity index (χ2v) is 9.05.